The summed E-state index contributed by atoms with van der Waals surface area (Å²) in [6.07, 6.45) is 5.12. The maximum atomic E-state index is 11.7. The molecule has 0 aromatic heterocycles. The number of hydrogen-bond acceptors (Lipinski definition) is 2. The molecular weight excluding hydrogens is 162 g/mol. The second-order valence-corrected chi connectivity index (χ2v) is 3.72. The van der Waals surface area contributed by atoms with Crippen LogP contribution in [-0.2, 0) is 4.79 Å². The first-order chi connectivity index (χ1) is 6.10. The largest absolute Gasteiger partial charge is 0.329 e. The third kappa shape index (κ3) is 3.73. The van der Waals surface area contributed by atoms with Gasteiger partial charge in [-0.2, -0.15) is 0 Å². The van der Waals surface area contributed by atoms with Crippen molar-refractivity contribution in [1.29, 1.82) is 0 Å². The van der Waals surface area contributed by atoms with Crippen molar-refractivity contribution in [3.8, 4) is 0 Å². The van der Waals surface area contributed by atoms with Crippen LogP contribution in [-0.4, -0.2) is 12.3 Å². The fourth-order valence-corrected chi connectivity index (χ4v) is 1.16. The molecule has 2 N–H and O–H groups in total. The van der Waals surface area contributed by atoms with E-state index in [1.165, 1.54) is 0 Å². The van der Waals surface area contributed by atoms with Crippen molar-refractivity contribution in [2.75, 3.05) is 6.54 Å². The molecule has 1 unspecified atom stereocenters. The Morgan fingerprint density at radius 1 is 1.62 bits per heavy atom. The van der Waals surface area contributed by atoms with E-state index >= 15 is 0 Å². The normalized spacial score (nSPS) is 15.0. The Labute approximate surface area is 81.2 Å². The molecule has 0 amide bonds. The van der Waals surface area contributed by atoms with Gasteiger partial charge in [0.25, 0.3) is 0 Å². The van der Waals surface area contributed by atoms with E-state index in [0.29, 0.717) is 18.7 Å². The molecule has 0 fully saturated rings. The molecule has 0 rings (SSSR count). The van der Waals surface area contributed by atoms with E-state index < -0.39 is 0 Å². The molecule has 0 radical (unpaired) electrons. The average Bonchev–Trinajstić information content (AvgIpc) is 2.17. The van der Waals surface area contributed by atoms with Gasteiger partial charge in [0.1, 0.15) is 5.78 Å². The third-order valence-electron chi connectivity index (χ3n) is 2.72. The first-order valence-corrected chi connectivity index (χ1v) is 4.95. The van der Waals surface area contributed by atoms with Crippen LogP contribution in [0.25, 0.3) is 0 Å². The Bertz CT molecular complexity index is 171. The minimum Gasteiger partial charge on any atom is -0.329 e. The Balaban J connectivity index is 3.99. The van der Waals surface area contributed by atoms with Crippen LogP contribution in [0.2, 0.25) is 0 Å². The number of unbranched alkanes of at least 4 members (excludes halogenated alkanes) is 1. The smallest absolute Gasteiger partial charge is 0.140 e. The third-order valence-corrected chi connectivity index (χ3v) is 2.72. The quantitative estimate of drug-likeness (QED) is 0.486. The van der Waals surface area contributed by atoms with Crippen molar-refractivity contribution < 1.29 is 4.79 Å². The monoisotopic (exact) mass is 183 g/mol. The zero-order valence-electron chi connectivity index (χ0n) is 8.81. The van der Waals surface area contributed by atoms with Crippen LogP contribution in [0.1, 0.15) is 39.5 Å². The highest BCUT2D eigenvalue weighted by molar-refractivity contribution is 5.84. The predicted octanol–water partition coefficient (Wildman–Crippen LogP) is 2.29. The average molecular weight is 183 g/mol. The predicted molar refractivity (Wildman–Crippen MR) is 56.5 cm³/mol. The number of rotatable bonds is 7. The molecule has 1 atom stereocenters. The Morgan fingerprint density at radius 3 is 2.62 bits per heavy atom. The highest BCUT2D eigenvalue weighted by Crippen LogP contribution is 2.23. The lowest BCUT2D eigenvalue weighted by molar-refractivity contribution is -0.127. The summed E-state index contributed by atoms with van der Waals surface area (Å²) < 4.78 is 0. The topological polar surface area (TPSA) is 43.1 Å². The van der Waals surface area contributed by atoms with Gasteiger partial charge in [-0.25, -0.2) is 0 Å². The fourth-order valence-electron chi connectivity index (χ4n) is 1.16. The molecule has 2 heteroatoms. The van der Waals surface area contributed by atoms with Gasteiger partial charge in [0.05, 0.1) is 0 Å². The van der Waals surface area contributed by atoms with Gasteiger partial charge in [0.2, 0.25) is 0 Å². The summed E-state index contributed by atoms with van der Waals surface area (Å²) in [4.78, 5) is 11.7. The number of carbonyl (C=O) groups is 1. The van der Waals surface area contributed by atoms with Crippen molar-refractivity contribution in [2.45, 2.75) is 39.5 Å². The number of allylic oxidation sites excluding steroid dienone is 1. The molecule has 0 bridgehead atoms. The van der Waals surface area contributed by atoms with E-state index in [1.807, 2.05) is 19.9 Å². The second-order valence-electron chi connectivity index (χ2n) is 3.72. The van der Waals surface area contributed by atoms with Crippen LogP contribution in [0.15, 0.2) is 12.7 Å². The molecule has 0 aliphatic carbocycles. The van der Waals surface area contributed by atoms with Crippen LogP contribution in [0.4, 0.5) is 0 Å². The molecule has 0 aliphatic rings. The molecule has 0 heterocycles. The zero-order valence-corrected chi connectivity index (χ0v) is 8.81. The maximum Gasteiger partial charge on any atom is 0.140 e. The van der Waals surface area contributed by atoms with E-state index in [1.54, 1.807) is 0 Å². The summed E-state index contributed by atoms with van der Waals surface area (Å²) >= 11 is 0. The van der Waals surface area contributed by atoms with Crippen LogP contribution in [0.3, 0.4) is 0 Å². The Hall–Kier alpha value is -0.630. The standard InChI is InChI=1S/C11H21NO/c1-4-6-7-8-10(13)11(3,5-2)9-12/h4H,1,5-9,12H2,2-3H3. The number of Topliss-reactive ketones (excluding diaryl/α,β-unsaturated/α-hetero) is 1. The van der Waals surface area contributed by atoms with Gasteiger partial charge in [-0.15, -0.1) is 6.58 Å². The maximum absolute atomic E-state index is 11.7. The lowest BCUT2D eigenvalue weighted by atomic mass is 9.81. The summed E-state index contributed by atoms with van der Waals surface area (Å²) in [7, 11) is 0. The van der Waals surface area contributed by atoms with Gasteiger partial charge in [-0.3, -0.25) is 4.79 Å². The number of ketones is 1. The molecule has 0 saturated carbocycles. The number of hydrogen-bond donors (Lipinski definition) is 1. The summed E-state index contributed by atoms with van der Waals surface area (Å²) in [6.45, 7) is 8.04. The lowest BCUT2D eigenvalue weighted by Crippen LogP contribution is -2.35. The highest BCUT2D eigenvalue weighted by Gasteiger charge is 2.28. The van der Waals surface area contributed by atoms with Gasteiger partial charge in [-0.05, 0) is 19.3 Å². The minimum atomic E-state index is -0.304. The molecular formula is C11H21NO. The van der Waals surface area contributed by atoms with Crippen molar-refractivity contribution >= 4 is 5.78 Å². The van der Waals surface area contributed by atoms with Crippen LogP contribution in [0.5, 0.6) is 0 Å². The molecule has 2 nitrogen and oxygen atoms in total. The lowest BCUT2D eigenvalue weighted by Gasteiger charge is -2.24. The first-order valence-electron chi connectivity index (χ1n) is 4.95. The van der Waals surface area contributed by atoms with Crippen molar-refractivity contribution in [3.05, 3.63) is 12.7 Å². The van der Waals surface area contributed by atoms with Crippen molar-refractivity contribution in [2.24, 2.45) is 11.1 Å². The van der Waals surface area contributed by atoms with Gasteiger partial charge in [0.15, 0.2) is 0 Å². The highest BCUT2D eigenvalue weighted by atomic mass is 16.1. The SMILES string of the molecule is C=CCCCC(=O)C(C)(CC)CN. The summed E-state index contributed by atoms with van der Waals surface area (Å²) in [5.41, 5.74) is 5.28. The fraction of sp³-hybridized carbons (Fsp3) is 0.727. The van der Waals surface area contributed by atoms with E-state index in [2.05, 4.69) is 6.58 Å². The van der Waals surface area contributed by atoms with Crippen LogP contribution < -0.4 is 5.73 Å². The van der Waals surface area contributed by atoms with Crippen LogP contribution >= 0.6 is 0 Å². The molecule has 76 valence electrons. The zero-order chi connectivity index (χ0) is 10.3. The van der Waals surface area contributed by atoms with Crippen LogP contribution in [0, 0.1) is 5.41 Å². The summed E-state index contributed by atoms with van der Waals surface area (Å²) in [5, 5.41) is 0. The Kier molecular flexibility index (Phi) is 5.63. The molecule has 0 aromatic carbocycles. The first kappa shape index (κ1) is 12.4. The molecule has 0 aliphatic heterocycles. The van der Waals surface area contributed by atoms with E-state index in [4.69, 9.17) is 5.73 Å². The summed E-state index contributed by atoms with van der Waals surface area (Å²) in [6, 6.07) is 0. The van der Waals surface area contributed by atoms with E-state index in [9.17, 15) is 4.79 Å². The van der Waals surface area contributed by atoms with Gasteiger partial charge in [0, 0.05) is 18.4 Å². The van der Waals surface area contributed by atoms with Gasteiger partial charge in [-0.1, -0.05) is 19.9 Å². The molecule has 0 aromatic rings. The Morgan fingerprint density at radius 2 is 2.23 bits per heavy atom. The van der Waals surface area contributed by atoms with Gasteiger partial charge >= 0.3 is 0 Å². The second kappa shape index (κ2) is 5.92. The number of nitrogens with two attached hydrogens (primary N) is 1. The molecule has 0 saturated heterocycles. The van der Waals surface area contributed by atoms with Crippen molar-refractivity contribution in [3.63, 3.8) is 0 Å². The van der Waals surface area contributed by atoms with E-state index in [0.717, 1.165) is 19.3 Å². The number of carbonyl (C=O) groups excluding carboxylic acids is 1. The summed E-state index contributed by atoms with van der Waals surface area (Å²) in [5.74, 6) is 0.291. The minimum absolute atomic E-state index is 0.291. The molecule has 13 heavy (non-hydrogen) atoms. The molecule has 0 spiro atoms. The van der Waals surface area contributed by atoms with Crippen molar-refractivity contribution in [1.82, 2.24) is 0 Å². The van der Waals surface area contributed by atoms with Gasteiger partial charge < -0.3 is 5.73 Å². The van der Waals surface area contributed by atoms with E-state index in [-0.39, 0.29) is 5.41 Å².